The van der Waals surface area contributed by atoms with Crippen LogP contribution in [0.2, 0.25) is 0 Å². The van der Waals surface area contributed by atoms with Gasteiger partial charge >= 0.3 is 0 Å². The van der Waals surface area contributed by atoms with E-state index in [-0.39, 0.29) is 24.0 Å². The maximum absolute atomic E-state index is 13.9. The first-order valence-corrected chi connectivity index (χ1v) is 9.72. The molecule has 156 valence electrons. The van der Waals surface area contributed by atoms with E-state index >= 15 is 0 Å². The van der Waals surface area contributed by atoms with Crippen molar-refractivity contribution in [2.45, 2.75) is 19.9 Å². The monoisotopic (exact) mass is 393 g/mol. The smallest absolute Gasteiger partial charge is 0.243 e. The summed E-state index contributed by atoms with van der Waals surface area (Å²) in [7, 11) is 4.94. The van der Waals surface area contributed by atoms with Crippen molar-refractivity contribution in [3.05, 3.63) is 29.6 Å². The number of rotatable bonds is 7. The van der Waals surface area contributed by atoms with E-state index in [4.69, 9.17) is 4.74 Å². The third-order valence-corrected chi connectivity index (χ3v) is 4.69. The normalized spacial score (nSPS) is 15.5. The summed E-state index contributed by atoms with van der Waals surface area (Å²) in [4.78, 5) is 22.4. The van der Waals surface area contributed by atoms with Gasteiger partial charge in [-0.15, -0.1) is 0 Å². The molecule has 28 heavy (non-hydrogen) atoms. The van der Waals surface area contributed by atoms with Crippen molar-refractivity contribution in [2.24, 2.45) is 4.99 Å². The van der Waals surface area contributed by atoms with Gasteiger partial charge < -0.3 is 19.9 Å². The third-order valence-electron chi connectivity index (χ3n) is 4.69. The van der Waals surface area contributed by atoms with Gasteiger partial charge in [-0.2, -0.15) is 0 Å². The lowest BCUT2D eigenvalue weighted by Crippen LogP contribution is -2.52. The number of carbonyl (C=O) groups excluding carboxylic acids is 1. The topological polar surface area (TPSA) is 60.4 Å². The van der Waals surface area contributed by atoms with E-state index in [1.807, 2.05) is 6.07 Å². The molecule has 1 heterocycles. The molecule has 8 heteroatoms. The van der Waals surface area contributed by atoms with E-state index in [0.29, 0.717) is 6.54 Å². The number of ether oxygens (including phenoxy) is 1. The van der Waals surface area contributed by atoms with Gasteiger partial charge in [-0.1, -0.05) is 13.0 Å². The summed E-state index contributed by atoms with van der Waals surface area (Å²) >= 11 is 0. The van der Waals surface area contributed by atoms with Gasteiger partial charge in [-0.3, -0.25) is 9.69 Å². The van der Waals surface area contributed by atoms with Gasteiger partial charge in [0.2, 0.25) is 5.91 Å². The Bertz CT molecular complexity index is 673. The fourth-order valence-corrected chi connectivity index (χ4v) is 2.97. The number of nitrogens with zero attached hydrogens (tertiary/aromatic N) is 4. The molecular weight excluding hydrogens is 361 g/mol. The molecule has 0 aliphatic carbocycles. The molecule has 0 unspecified atom stereocenters. The Balaban J connectivity index is 1.92. The zero-order valence-corrected chi connectivity index (χ0v) is 17.4. The summed E-state index contributed by atoms with van der Waals surface area (Å²) in [6, 6.07) is 5.10. The average molecular weight is 394 g/mol. The second-order valence-electron chi connectivity index (χ2n) is 7.09. The highest BCUT2D eigenvalue weighted by Gasteiger charge is 2.20. The van der Waals surface area contributed by atoms with Crippen molar-refractivity contribution in [1.82, 2.24) is 20.0 Å². The second-order valence-corrected chi connectivity index (χ2v) is 7.09. The van der Waals surface area contributed by atoms with Crippen LogP contribution in [0.15, 0.2) is 23.2 Å². The van der Waals surface area contributed by atoms with Crippen LogP contribution < -0.4 is 10.1 Å². The number of nitrogens with one attached hydrogen (secondary N) is 1. The van der Waals surface area contributed by atoms with Crippen molar-refractivity contribution < 1.29 is 13.9 Å². The molecule has 1 aromatic carbocycles. The van der Waals surface area contributed by atoms with E-state index < -0.39 is 0 Å². The molecule has 0 bridgehead atoms. The van der Waals surface area contributed by atoms with Crippen LogP contribution in [0.5, 0.6) is 5.75 Å². The van der Waals surface area contributed by atoms with Gasteiger partial charge in [0.1, 0.15) is 6.54 Å². The number of aliphatic imine (C=N–C) groups is 1. The number of guanidine groups is 1. The average Bonchev–Trinajstić information content (AvgIpc) is 2.68. The Labute approximate surface area is 167 Å². The van der Waals surface area contributed by atoms with Gasteiger partial charge in [0.25, 0.3) is 0 Å². The van der Waals surface area contributed by atoms with Crippen LogP contribution >= 0.6 is 0 Å². The number of hydrogen-bond acceptors (Lipinski definition) is 4. The molecule has 1 N–H and O–H groups in total. The Morgan fingerprint density at radius 1 is 1.29 bits per heavy atom. The quantitative estimate of drug-likeness (QED) is 0.561. The minimum Gasteiger partial charge on any atom is -0.494 e. The van der Waals surface area contributed by atoms with Gasteiger partial charge in [0.05, 0.1) is 7.11 Å². The van der Waals surface area contributed by atoms with E-state index in [1.165, 1.54) is 13.2 Å². The highest BCUT2D eigenvalue weighted by molar-refractivity contribution is 5.84. The maximum atomic E-state index is 13.9. The predicted molar refractivity (Wildman–Crippen MR) is 109 cm³/mol. The van der Waals surface area contributed by atoms with Gasteiger partial charge in [-0.05, 0) is 24.1 Å². The van der Waals surface area contributed by atoms with Crippen molar-refractivity contribution in [3.63, 3.8) is 0 Å². The van der Waals surface area contributed by atoms with E-state index in [9.17, 15) is 9.18 Å². The van der Waals surface area contributed by atoms with Crippen LogP contribution in [0, 0.1) is 5.82 Å². The molecule has 7 nitrogen and oxygen atoms in total. The molecule has 1 saturated heterocycles. The van der Waals surface area contributed by atoms with Crippen LogP contribution in [0.3, 0.4) is 0 Å². The number of halogens is 1. The second kappa shape index (κ2) is 10.8. The lowest BCUT2D eigenvalue weighted by atomic mass is 10.2. The van der Waals surface area contributed by atoms with Crippen LogP contribution in [0.25, 0.3) is 0 Å². The molecule has 0 aromatic heterocycles. The van der Waals surface area contributed by atoms with Crippen molar-refractivity contribution in [1.29, 1.82) is 0 Å². The first kappa shape index (κ1) is 21.9. The van der Waals surface area contributed by atoms with E-state index in [0.717, 1.165) is 50.7 Å². The Morgan fingerprint density at radius 3 is 2.57 bits per heavy atom. The fraction of sp³-hybridized carbons (Fsp3) is 0.600. The molecular formula is C20H32FN5O2. The van der Waals surface area contributed by atoms with Crippen molar-refractivity contribution in [2.75, 3.05) is 60.5 Å². The number of amides is 1. The van der Waals surface area contributed by atoms with E-state index in [1.54, 1.807) is 25.1 Å². The predicted octanol–water partition coefficient (Wildman–Crippen LogP) is 1.40. The molecule has 1 amide bonds. The standard InChI is InChI=1S/C20H32FN5O2/c1-5-8-22-20(23-14-19(27)24(2)3)26-11-9-25(10-12-26)15-16-6-7-18(28-4)17(21)13-16/h6-7,13H,5,8-12,14-15H2,1-4H3,(H,22,23). The minimum absolute atomic E-state index is 0.0176. The Morgan fingerprint density at radius 2 is 2.00 bits per heavy atom. The lowest BCUT2D eigenvalue weighted by molar-refractivity contribution is -0.127. The fourth-order valence-electron chi connectivity index (χ4n) is 2.97. The maximum Gasteiger partial charge on any atom is 0.243 e. The summed E-state index contributed by atoms with van der Waals surface area (Å²) in [5, 5.41) is 3.34. The van der Waals surface area contributed by atoms with Crippen molar-refractivity contribution >= 4 is 11.9 Å². The summed E-state index contributed by atoms with van der Waals surface area (Å²) < 4.78 is 18.9. The summed E-state index contributed by atoms with van der Waals surface area (Å²) in [6.07, 6.45) is 0.990. The number of carbonyl (C=O) groups is 1. The number of hydrogen-bond donors (Lipinski definition) is 1. The highest BCUT2D eigenvalue weighted by atomic mass is 19.1. The van der Waals surface area contributed by atoms with Gasteiger partial charge in [-0.25, -0.2) is 9.38 Å². The number of likely N-dealkylation sites (N-methyl/N-ethyl adjacent to an activating group) is 1. The SMILES string of the molecule is CCCNC(=NCC(=O)N(C)C)N1CCN(Cc2ccc(OC)c(F)c2)CC1. The lowest BCUT2D eigenvalue weighted by Gasteiger charge is -2.36. The summed E-state index contributed by atoms with van der Waals surface area (Å²) in [5.41, 5.74) is 0.932. The molecule has 0 atom stereocenters. The first-order valence-electron chi connectivity index (χ1n) is 9.72. The molecule has 1 aromatic rings. The molecule has 1 aliphatic rings. The van der Waals surface area contributed by atoms with Crippen LogP contribution in [0.1, 0.15) is 18.9 Å². The molecule has 2 rings (SSSR count). The van der Waals surface area contributed by atoms with Gasteiger partial charge in [0, 0.05) is 53.4 Å². The summed E-state index contributed by atoms with van der Waals surface area (Å²) in [6.45, 7) is 7.08. The van der Waals surface area contributed by atoms with Gasteiger partial charge in [0.15, 0.2) is 17.5 Å². The van der Waals surface area contributed by atoms with Crippen LogP contribution in [-0.2, 0) is 11.3 Å². The summed E-state index contributed by atoms with van der Waals surface area (Å²) in [5.74, 6) is 0.703. The zero-order valence-electron chi connectivity index (χ0n) is 17.4. The highest BCUT2D eigenvalue weighted by Crippen LogP contribution is 2.19. The van der Waals surface area contributed by atoms with Crippen LogP contribution in [-0.4, -0.2) is 87.0 Å². The Hall–Kier alpha value is -2.35. The molecule has 1 aliphatic heterocycles. The number of methoxy groups -OCH3 is 1. The largest absolute Gasteiger partial charge is 0.494 e. The number of benzene rings is 1. The van der Waals surface area contributed by atoms with E-state index in [2.05, 4.69) is 27.0 Å². The zero-order chi connectivity index (χ0) is 20.5. The Kier molecular flexibility index (Phi) is 8.50. The molecule has 1 fully saturated rings. The van der Waals surface area contributed by atoms with Crippen molar-refractivity contribution in [3.8, 4) is 5.75 Å². The first-order chi connectivity index (χ1) is 13.4. The molecule has 0 radical (unpaired) electrons. The number of piperazine rings is 1. The van der Waals surface area contributed by atoms with Crippen LogP contribution in [0.4, 0.5) is 4.39 Å². The molecule has 0 spiro atoms. The third kappa shape index (κ3) is 6.37. The molecule has 0 saturated carbocycles. The minimum atomic E-state index is -0.331.